The second-order valence-corrected chi connectivity index (χ2v) is 14.1. The van der Waals surface area contributed by atoms with Gasteiger partial charge < -0.3 is 39.5 Å². The van der Waals surface area contributed by atoms with Crippen molar-refractivity contribution in [2.45, 2.75) is 83.8 Å². The zero-order chi connectivity index (χ0) is 45.1. The lowest BCUT2D eigenvalue weighted by atomic mass is 10.0. The van der Waals surface area contributed by atoms with Crippen LogP contribution >= 0.6 is 0 Å². The minimum atomic E-state index is -4.80. The lowest BCUT2D eigenvalue weighted by Gasteiger charge is -2.28. The highest BCUT2D eigenvalue weighted by molar-refractivity contribution is 5.83. The summed E-state index contributed by atoms with van der Waals surface area (Å²) in [6.45, 7) is 7.07. The number of carbonyl (C=O) groups excluding carboxylic acids is 1. The summed E-state index contributed by atoms with van der Waals surface area (Å²) < 4.78 is 82.7. The van der Waals surface area contributed by atoms with Gasteiger partial charge in [-0.3, -0.25) is 9.59 Å². The van der Waals surface area contributed by atoms with E-state index in [1.807, 2.05) is 42.7 Å². The normalized spacial score (nSPS) is 13.5. The summed E-state index contributed by atoms with van der Waals surface area (Å²) in [5.41, 5.74) is 3.31. The number of alkyl halides is 6. The van der Waals surface area contributed by atoms with Crippen LogP contribution in [0.5, 0.6) is 5.75 Å². The van der Waals surface area contributed by atoms with Crippen molar-refractivity contribution in [3.63, 3.8) is 0 Å². The first-order valence-electron chi connectivity index (χ1n) is 19.2. The smallest absolute Gasteiger partial charge is 0.479 e. The van der Waals surface area contributed by atoms with E-state index >= 15 is 0 Å². The van der Waals surface area contributed by atoms with Crippen molar-refractivity contribution in [3.8, 4) is 16.9 Å². The number of aliphatic hydroxyl groups excluding tert-OH is 2. The Balaban J connectivity index is 0.000000727. The number of amides is 1. The van der Waals surface area contributed by atoms with Crippen molar-refractivity contribution in [1.29, 1.82) is 0 Å². The molecule has 4 aromatic rings. The number of carboxylic acids is 2. The number of hydrogen-bond donors (Lipinski definition) is 4. The summed E-state index contributed by atoms with van der Waals surface area (Å²) in [7, 11) is 0. The molecule has 1 amide bonds. The van der Waals surface area contributed by atoms with Gasteiger partial charge in [0.25, 0.3) is 5.56 Å². The number of carbonyl (C=O) groups is 3. The molecule has 19 heteroatoms. The first kappa shape index (κ1) is 47.9. The SMILES string of the molecule is CCN(CC)CCN(Cc1ccc(-c2ccc(C(F)(F)F)cc2)cc1)C(=O)Cn1c(CCc2ccc(OC(F)(F)F)cc2)nc(=O)c2c1CCC2.O=C(O)C(O)C(O)C(=O)O. The second-order valence-electron chi connectivity index (χ2n) is 14.1. The van der Waals surface area contributed by atoms with Gasteiger partial charge in [-0.05, 0) is 85.3 Å². The summed E-state index contributed by atoms with van der Waals surface area (Å²) in [5.74, 6) is -3.59. The minimum absolute atomic E-state index is 0.0365. The third-order valence-electron chi connectivity index (χ3n) is 10.0. The maximum Gasteiger partial charge on any atom is 0.573 e. The van der Waals surface area contributed by atoms with Gasteiger partial charge in [0.2, 0.25) is 5.91 Å². The van der Waals surface area contributed by atoms with Crippen molar-refractivity contribution >= 4 is 17.8 Å². The second kappa shape index (κ2) is 21.1. The van der Waals surface area contributed by atoms with Crippen molar-refractivity contribution in [2.24, 2.45) is 0 Å². The molecule has 1 heterocycles. The maximum atomic E-state index is 14.2. The van der Waals surface area contributed by atoms with E-state index in [0.717, 1.165) is 54.0 Å². The van der Waals surface area contributed by atoms with Crippen LogP contribution in [0.15, 0.2) is 77.6 Å². The Labute approximate surface area is 346 Å². The number of carboxylic acid groups (broad SMARTS) is 2. The topological polar surface area (TPSA) is 183 Å². The molecule has 0 fully saturated rings. The monoisotopic (exact) mass is 864 g/mol. The lowest BCUT2D eigenvalue weighted by Crippen LogP contribution is -2.40. The van der Waals surface area contributed by atoms with Gasteiger partial charge in [0.05, 0.1) is 5.56 Å². The van der Waals surface area contributed by atoms with Crippen molar-refractivity contribution in [2.75, 3.05) is 26.2 Å². The molecule has 13 nitrogen and oxygen atoms in total. The number of likely N-dealkylation sites (N-methyl/N-ethyl adjacent to an activating group) is 1. The van der Waals surface area contributed by atoms with Crippen molar-refractivity contribution in [1.82, 2.24) is 19.4 Å². The number of aromatic nitrogens is 2. The molecule has 2 atom stereocenters. The van der Waals surface area contributed by atoms with E-state index in [1.54, 1.807) is 4.90 Å². The molecule has 2 unspecified atom stereocenters. The number of aryl methyl sites for hydroxylation is 2. The first-order chi connectivity index (χ1) is 28.7. The Hall–Kier alpha value is -5.79. The van der Waals surface area contributed by atoms with Gasteiger partial charge in [-0.15, -0.1) is 13.2 Å². The zero-order valence-electron chi connectivity index (χ0n) is 33.2. The number of halogens is 6. The van der Waals surface area contributed by atoms with Gasteiger partial charge in [0, 0.05) is 37.3 Å². The van der Waals surface area contributed by atoms with E-state index in [0.29, 0.717) is 62.3 Å². The van der Waals surface area contributed by atoms with E-state index in [2.05, 4.69) is 14.6 Å². The number of fused-ring (bicyclic) bond motifs is 1. The summed E-state index contributed by atoms with van der Waals surface area (Å²) in [6, 6.07) is 17.9. The number of rotatable bonds is 17. The largest absolute Gasteiger partial charge is 0.573 e. The predicted octanol–water partition coefficient (Wildman–Crippen LogP) is 5.35. The molecule has 0 saturated carbocycles. The highest BCUT2D eigenvalue weighted by Crippen LogP contribution is 2.31. The minimum Gasteiger partial charge on any atom is -0.479 e. The molecule has 0 spiro atoms. The van der Waals surface area contributed by atoms with Crippen LogP contribution in [0.4, 0.5) is 26.3 Å². The Morgan fingerprint density at radius 1 is 0.770 bits per heavy atom. The van der Waals surface area contributed by atoms with E-state index in [4.69, 9.17) is 20.4 Å². The van der Waals surface area contributed by atoms with Gasteiger partial charge >= 0.3 is 24.5 Å². The third-order valence-corrected chi connectivity index (χ3v) is 10.0. The highest BCUT2D eigenvalue weighted by atomic mass is 19.4. The van der Waals surface area contributed by atoms with E-state index in [9.17, 15) is 45.5 Å². The lowest BCUT2D eigenvalue weighted by molar-refractivity contribution is -0.274. The number of aliphatic carboxylic acids is 2. The molecule has 0 aliphatic heterocycles. The fourth-order valence-electron chi connectivity index (χ4n) is 6.62. The highest BCUT2D eigenvalue weighted by Gasteiger charge is 2.32. The molecule has 0 radical (unpaired) electrons. The van der Waals surface area contributed by atoms with Crippen molar-refractivity contribution < 1.29 is 65.9 Å². The van der Waals surface area contributed by atoms with Gasteiger partial charge in [-0.2, -0.15) is 18.2 Å². The number of aliphatic hydroxyl groups is 2. The van der Waals surface area contributed by atoms with Crippen LogP contribution < -0.4 is 10.3 Å². The quantitative estimate of drug-likeness (QED) is 0.101. The summed E-state index contributed by atoms with van der Waals surface area (Å²) >= 11 is 0. The Morgan fingerprint density at radius 2 is 1.31 bits per heavy atom. The number of benzene rings is 3. The number of hydrogen-bond acceptors (Lipinski definition) is 9. The van der Waals surface area contributed by atoms with Crippen LogP contribution in [0.25, 0.3) is 11.1 Å². The number of nitrogens with zero attached hydrogens (tertiary/aromatic N) is 4. The van der Waals surface area contributed by atoms with Gasteiger partial charge in [0.15, 0.2) is 12.2 Å². The standard InChI is InChI=1S/C38H40F6N4O3.C4H6O6/c1-3-46(4-2)22-23-47(24-27-8-13-28(14-9-27)29-15-17-30(18-16-29)37(39,40)41)35(49)25-48-33-7-5-6-32(33)36(50)45-34(48)21-12-26-10-19-31(20-11-26)51-38(42,43)44;5-1(3(7)8)2(6)4(9)10/h8-11,13-20H,3-7,12,21-25H2,1-2H3;1-2,5-6H,(H,7,8)(H,9,10). The van der Waals surface area contributed by atoms with Crippen LogP contribution in [0.2, 0.25) is 0 Å². The molecular weight excluding hydrogens is 818 g/mol. The van der Waals surface area contributed by atoms with Gasteiger partial charge in [0.1, 0.15) is 18.1 Å². The molecule has 330 valence electrons. The van der Waals surface area contributed by atoms with E-state index < -0.39 is 42.2 Å². The molecule has 5 rings (SSSR count). The molecule has 61 heavy (non-hydrogen) atoms. The average Bonchev–Trinajstić information content (AvgIpc) is 3.72. The third kappa shape index (κ3) is 13.9. The molecule has 3 aromatic carbocycles. The van der Waals surface area contributed by atoms with Gasteiger partial charge in [-0.25, -0.2) is 9.59 Å². The van der Waals surface area contributed by atoms with Crippen molar-refractivity contribution in [3.05, 3.63) is 117 Å². The molecule has 1 aromatic heterocycles. The fourth-order valence-corrected chi connectivity index (χ4v) is 6.62. The molecule has 0 bridgehead atoms. The molecule has 4 N–H and O–H groups in total. The van der Waals surface area contributed by atoms with E-state index in [-0.39, 0.29) is 23.8 Å². The van der Waals surface area contributed by atoms with Crippen LogP contribution in [-0.4, -0.2) is 102 Å². The average molecular weight is 865 g/mol. The van der Waals surface area contributed by atoms with Crippen LogP contribution in [0, 0.1) is 0 Å². The summed E-state index contributed by atoms with van der Waals surface area (Å²) in [5, 5.41) is 32.5. The van der Waals surface area contributed by atoms with Crippen LogP contribution in [0.3, 0.4) is 0 Å². The Morgan fingerprint density at radius 3 is 1.82 bits per heavy atom. The fraction of sp³-hybridized carbons (Fsp3) is 0.405. The van der Waals surface area contributed by atoms with Crippen LogP contribution in [-0.2, 0) is 59.3 Å². The summed E-state index contributed by atoms with van der Waals surface area (Å²) in [6.07, 6.45) is -11.1. The zero-order valence-corrected chi connectivity index (χ0v) is 33.2. The maximum absolute atomic E-state index is 14.2. The molecule has 1 aliphatic rings. The van der Waals surface area contributed by atoms with Crippen LogP contribution in [0.1, 0.15) is 54.0 Å². The predicted molar refractivity (Wildman–Crippen MR) is 208 cm³/mol. The van der Waals surface area contributed by atoms with E-state index in [1.165, 1.54) is 36.4 Å². The van der Waals surface area contributed by atoms with Gasteiger partial charge in [-0.1, -0.05) is 62.4 Å². The molecule has 0 saturated heterocycles. The molecule has 1 aliphatic carbocycles. The molecular formula is C42H46F6N4O9. The first-order valence-corrected chi connectivity index (χ1v) is 19.2. The number of ether oxygens (including phenoxy) is 1. The Kier molecular flexibility index (Phi) is 16.6. The summed E-state index contributed by atoms with van der Waals surface area (Å²) in [4.78, 5) is 55.0. The Bertz CT molecular complexity index is 2140.